The van der Waals surface area contributed by atoms with Crippen molar-refractivity contribution in [1.29, 1.82) is 0 Å². The van der Waals surface area contributed by atoms with E-state index in [1.165, 1.54) is 6.20 Å². The molecular weight excluding hydrogens is 216 g/mol. The third-order valence-electron chi connectivity index (χ3n) is 2.46. The Morgan fingerprint density at radius 2 is 2.24 bits per heavy atom. The lowest BCUT2D eigenvalue weighted by Crippen LogP contribution is -1.95. The second-order valence-corrected chi connectivity index (χ2v) is 3.47. The van der Waals surface area contributed by atoms with Crippen molar-refractivity contribution in [2.24, 2.45) is 5.73 Å². The lowest BCUT2D eigenvalue weighted by molar-refractivity contribution is 0.111. The van der Waals surface area contributed by atoms with E-state index < -0.39 is 0 Å². The molecule has 0 atom stereocenters. The Balaban J connectivity index is 2.85. The van der Waals surface area contributed by atoms with Gasteiger partial charge in [-0.25, -0.2) is 4.98 Å². The molecule has 0 aliphatic heterocycles. The van der Waals surface area contributed by atoms with Gasteiger partial charge in [-0.1, -0.05) is 12.1 Å². The Morgan fingerprint density at radius 1 is 1.41 bits per heavy atom. The summed E-state index contributed by atoms with van der Waals surface area (Å²) in [5.41, 5.74) is 6.39. The van der Waals surface area contributed by atoms with Crippen molar-refractivity contribution in [3.8, 4) is 5.75 Å². The number of nitrogens with zero attached hydrogens (tertiary/aromatic N) is 1. The van der Waals surface area contributed by atoms with Gasteiger partial charge in [0.15, 0.2) is 6.29 Å². The Morgan fingerprint density at radius 3 is 2.88 bits per heavy atom. The first-order chi connectivity index (χ1) is 8.30. The van der Waals surface area contributed by atoms with Gasteiger partial charge in [-0.2, -0.15) is 0 Å². The number of aldehydes is 1. The molecular formula is C13H12N2O2. The number of ether oxygens (including phenoxy) is 1. The predicted molar refractivity (Wildman–Crippen MR) is 66.9 cm³/mol. The second kappa shape index (κ2) is 4.65. The number of fused-ring (bicyclic) bond motifs is 1. The van der Waals surface area contributed by atoms with Crippen LogP contribution >= 0.6 is 0 Å². The van der Waals surface area contributed by atoms with Crippen LogP contribution in [0.15, 0.2) is 30.5 Å². The molecule has 0 spiro atoms. The fourth-order valence-corrected chi connectivity index (χ4v) is 1.77. The summed E-state index contributed by atoms with van der Waals surface area (Å²) in [5, 5.41) is 1.75. The molecule has 2 rings (SSSR count). The van der Waals surface area contributed by atoms with E-state index in [0.29, 0.717) is 23.4 Å². The largest absolute Gasteiger partial charge is 0.496 e. The zero-order valence-corrected chi connectivity index (χ0v) is 9.38. The zero-order chi connectivity index (χ0) is 12.3. The number of aromatic nitrogens is 1. The number of rotatable bonds is 3. The molecule has 0 aliphatic carbocycles. The van der Waals surface area contributed by atoms with E-state index in [2.05, 4.69) is 4.98 Å². The SMILES string of the molecule is COc1cccc2cc(C=O)nc(C=CN)c12. The molecule has 0 saturated carbocycles. The van der Waals surface area contributed by atoms with Crippen LogP contribution in [-0.2, 0) is 0 Å². The molecule has 86 valence electrons. The summed E-state index contributed by atoms with van der Waals surface area (Å²) in [6, 6.07) is 7.34. The molecule has 17 heavy (non-hydrogen) atoms. The standard InChI is InChI=1S/C13H12N2O2/c1-17-12-4-2-3-9-7-10(8-16)15-11(5-6-14)13(9)12/h2-8H,14H2,1H3. The molecule has 0 fully saturated rings. The number of carbonyl (C=O) groups is 1. The summed E-state index contributed by atoms with van der Waals surface area (Å²) in [6.45, 7) is 0. The van der Waals surface area contributed by atoms with Crippen LogP contribution in [0.3, 0.4) is 0 Å². The van der Waals surface area contributed by atoms with Crippen LogP contribution in [0.4, 0.5) is 0 Å². The van der Waals surface area contributed by atoms with Gasteiger partial charge in [-0.15, -0.1) is 0 Å². The zero-order valence-electron chi connectivity index (χ0n) is 9.38. The molecule has 2 N–H and O–H groups in total. The van der Waals surface area contributed by atoms with Gasteiger partial charge in [-0.05, 0) is 29.8 Å². The molecule has 4 heteroatoms. The quantitative estimate of drug-likeness (QED) is 0.816. The van der Waals surface area contributed by atoms with Gasteiger partial charge in [0.2, 0.25) is 0 Å². The van der Waals surface area contributed by atoms with Crippen LogP contribution < -0.4 is 10.5 Å². The Kier molecular flexibility index (Phi) is 3.05. The topological polar surface area (TPSA) is 65.2 Å². The lowest BCUT2D eigenvalue weighted by Gasteiger charge is -2.08. The van der Waals surface area contributed by atoms with Crippen molar-refractivity contribution >= 4 is 23.1 Å². The summed E-state index contributed by atoms with van der Waals surface area (Å²) in [6.07, 6.45) is 3.76. The smallest absolute Gasteiger partial charge is 0.168 e. The molecule has 1 aromatic heterocycles. The van der Waals surface area contributed by atoms with Crippen molar-refractivity contribution in [3.63, 3.8) is 0 Å². The van der Waals surface area contributed by atoms with E-state index in [4.69, 9.17) is 10.5 Å². The molecule has 4 nitrogen and oxygen atoms in total. The molecule has 0 aliphatic rings. The Bertz CT molecular complexity index is 591. The van der Waals surface area contributed by atoms with Gasteiger partial charge in [0.1, 0.15) is 11.4 Å². The summed E-state index contributed by atoms with van der Waals surface area (Å²) in [4.78, 5) is 15.0. The average molecular weight is 228 g/mol. The highest BCUT2D eigenvalue weighted by molar-refractivity contribution is 5.96. The molecule has 1 heterocycles. The summed E-state index contributed by atoms with van der Waals surface area (Å²) in [5.74, 6) is 0.709. The van der Waals surface area contributed by atoms with Gasteiger partial charge in [-0.3, -0.25) is 4.79 Å². The van der Waals surface area contributed by atoms with Gasteiger partial charge in [0.25, 0.3) is 0 Å². The summed E-state index contributed by atoms with van der Waals surface area (Å²) < 4.78 is 5.28. The highest BCUT2D eigenvalue weighted by Crippen LogP contribution is 2.28. The highest BCUT2D eigenvalue weighted by atomic mass is 16.5. The van der Waals surface area contributed by atoms with E-state index >= 15 is 0 Å². The Hall–Kier alpha value is -2.36. The molecule has 2 aromatic rings. The monoisotopic (exact) mass is 228 g/mol. The maximum absolute atomic E-state index is 10.8. The lowest BCUT2D eigenvalue weighted by atomic mass is 10.1. The number of methoxy groups -OCH3 is 1. The van der Waals surface area contributed by atoms with Crippen LogP contribution in [0, 0.1) is 0 Å². The van der Waals surface area contributed by atoms with Crippen LogP contribution in [-0.4, -0.2) is 18.4 Å². The maximum atomic E-state index is 10.8. The molecule has 0 unspecified atom stereocenters. The van der Waals surface area contributed by atoms with E-state index in [0.717, 1.165) is 10.8 Å². The van der Waals surface area contributed by atoms with Crippen molar-refractivity contribution in [3.05, 3.63) is 41.9 Å². The van der Waals surface area contributed by atoms with Crippen molar-refractivity contribution in [2.75, 3.05) is 7.11 Å². The van der Waals surface area contributed by atoms with Crippen molar-refractivity contribution in [2.45, 2.75) is 0 Å². The van der Waals surface area contributed by atoms with Gasteiger partial charge in [0, 0.05) is 5.39 Å². The number of carbonyl (C=O) groups excluding carboxylic acids is 1. The minimum atomic E-state index is 0.374. The third kappa shape index (κ3) is 1.97. The fraction of sp³-hybridized carbons (Fsp3) is 0.0769. The van der Waals surface area contributed by atoms with Crippen LogP contribution in [0.1, 0.15) is 16.2 Å². The van der Waals surface area contributed by atoms with Gasteiger partial charge < -0.3 is 10.5 Å². The first-order valence-corrected chi connectivity index (χ1v) is 5.11. The first-order valence-electron chi connectivity index (χ1n) is 5.11. The molecule has 0 amide bonds. The van der Waals surface area contributed by atoms with Crippen LogP contribution in [0.5, 0.6) is 5.75 Å². The van der Waals surface area contributed by atoms with Crippen LogP contribution in [0.25, 0.3) is 16.8 Å². The molecule has 1 aromatic carbocycles. The predicted octanol–water partition coefficient (Wildman–Crippen LogP) is 1.99. The van der Waals surface area contributed by atoms with E-state index in [-0.39, 0.29) is 0 Å². The number of hydrogen-bond donors (Lipinski definition) is 1. The molecule has 0 saturated heterocycles. The third-order valence-corrected chi connectivity index (χ3v) is 2.46. The number of pyridine rings is 1. The van der Waals surface area contributed by atoms with E-state index in [9.17, 15) is 4.79 Å². The minimum Gasteiger partial charge on any atom is -0.496 e. The van der Waals surface area contributed by atoms with Gasteiger partial charge >= 0.3 is 0 Å². The number of hydrogen-bond acceptors (Lipinski definition) is 4. The second-order valence-electron chi connectivity index (χ2n) is 3.47. The van der Waals surface area contributed by atoms with Crippen molar-refractivity contribution < 1.29 is 9.53 Å². The Labute approximate surface area is 98.7 Å². The van der Waals surface area contributed by atoms with E-state index in [1.54, 1.807) is 19.3 Å². The van der Waals surface area contributed by atoms with Gasteiger partial charge in [0.05, 0.1) is 12.8 Å². The van der Waals surface area contributed by atoms with Crippen LogP contribution in [0.2, 0.25) is 0 Å². The first kappa shape index (κ1) is 11.1. The maximum Gasteiger partial charge on any atom is 0.168 e. The highest BCUT2D eigenvalue weighted by Gasteiger charge is 2.08. The molecule has 0 bridgehead atoms. The minimum absolute atomic E-state index is 0.374. The summed E-state index contributed by atoms with van der Waals surface area (Å²) >= 11 is 0. The summed E-state index contributed by atoms with van der Waals surface area (Å²) in [7, 11) is 1.60. The molecule has 0 radical (unpaired) electrons. The number of nitrogens with two attached hydrogens (primary N) is 1. The van der Waals surface area contributed by atoms with Crippen molar-refractivity contribution in [1.82, 2.24) is 4.98 Å². The fourth-order valence-electron chi connectivity index (χ4n) is 1.77. The average Bonchev–Trinajstić information content (AvgIpc) is 2.37. The normalized spacial score (nSPS) is 10.9. The van der Waals surface area contributed by atoms with E-state index in [1.807, 2.05) is 18.2 Å². The number of benzene rings is 1.